The molecule has 2 rings (SSSR count). The lowest BCUT2D eigenvalue weighted by molar-refractivity contribution is 0.102. The first-order valence-corrected chi connectivity index (χ1v) is 6.67. The Morgan fingerprint density at radius 1 is 1.35 bits per heavy atom. The lowest BCUT2D eigenvalue weighted by atomic mass is 10.1. The number of amides is 1. The first-order chi connectivity index (χ1) is 9.38. The predicted molar refractivity (Wildman–Crippen MR) is 80.2 cm³/mol. The molecule has 0 aliphatic rings. The van der Waals surface area contributed by atoms with E-state index in [-0.39, 0.29) is 11.3 Å². The van der Waals surface area contributed by atoms with Gasteiger partial charge in [0.2, 0.25) is 0 Å². The average Bonchev–Trinajstić information content (AvgIpc) is 2.39. The second-order valence-corrected chi connectivity index (χ2v) is 5.21. The normalized spacial score (nSPS) is 10.4. The van der Waals surface area contributed by atoms with Crippen LogP contribution in [0.2, 0.25) is 0 Å². The number of hydrogen-bond acceptors (Lipinski definition) is 3. The molecule has 1 aromatic heterocycles. The molecule has 3 N–H and O–H groups in total. The van der Waals surface area contributed by atoms with Crippen molar-refractivity contribution in [1.29, 1.82) is 0 Å². The minimum atomic E-state index is -0.500. The molecule has 0 atom stereocenters. The number of nitrogens with zero attached hydrogens (tertiary/aromatic N) is 1. The number of aromatic nitrogens is 1. The van der Waals surface area contributed by atoms with E-state index in [0.29, 0.717) is 15.9 Å². The number of hydrogen-bond donors (Lipinski definition) is 2. The fourth-order valence-corrected chi connectivity index (χ4v) is 1.88. The molecule has 1 heterocycles. The number of nitrogen functional groups attached to an aromatic ring is 1. The zero-order valence-corrected chi connectivity index (χ0v) is 12.6. The Balaban J connectivity index is 2.26. The van der Waals surface area contributed by atoms with Crippen LogP contribution in [0.15, 0.2) is 29.0 Å². The minimum Gasteiger partial charge on any atom is -0.398 e. The average molecular weight is 338 g/mol. The van der Waals surface area contributed by atoms with Gasteiger partial charge in [0.05, 0.1) is 11.9 Å². The highest BCUT2D eigenvalue weighted by Gasteiger charge is 2.12. The number of aryl methyl sites for hydroxylation is 1. The van der Waals surface area contributed by atoms with Crippen LogP contribution in [-0.4, -0.2) is 10.9 Å². The zero-order valence-electron chi connectivity index (χ0n) is 11.0. The summed E-state index contributed by atoms with van der Waals surface area (Å²) in [7, 11) is 0. The summed E-state index contributed by atoms with van der Waals surface area (Å²) < 4.78 is 14.3. The molecule has 0 radical (unpaired) electrons. The van der Waals surface area contributed by atoms with Crippen molar-refractivity contribution in [3.63, 3.8) is 0 Å². The van der Waals surface area contributed by atoms with Crippen molar-refractivity contribution in [2.75, 3.05) is 11.1 Å². The molecule has 20 heavy (non-hydrogen) atoms. The van der Waals surface area contributed by atoms with Crippen molar-refractivity contribution in [2.45, 2.75) is 13.8 Å². The predicted octanol–water partition coefficient (Wildman–Crippen LogP) is 3.43. The number of halogens is 2. The maximum absolute atomic E-state index is 13.6. The van der Waals surface area contributed by atoms with Crippen molar-refractivity contribution in [2.24, 2.45) is 0 Å². The summed E-state index contributed by atoms with van der Waals surface area (Å²) in [4.78, 5) is 16.1. The summed E-state index contributed by atoms with van der Waals surface area (Å²) in [5, 5.41) is 2.66. The minimum absolute atomic E-state index is 0.172. The van der Waals surface area contributed by atoms with E-state index in [9.17, 15) is 9.18 Å². The summed E-state index contributed by atoms with van der Waals surface area (Å²) in [6, 6.07) is 4.38. The maximum atomic E-state index is 13.6. The highest BCUT2D eigenvalue weighted by Crippen LogP contribution is 2.20. The quantitative estimate of drug-likeness (QED) is 0.651. The van der Waals surface area contributed by atoms with Gasteiger partial charge in [-0.15, -0.1) is 0 Å². The van der Waals surface area contributed by atoms with Crippen LogP contribution in [0.4, 0.5) is 15.8 Å². The number of carbonyl (C=O) groups excluding carboxylic acids is 1. The van der Waals surface area contributed by atoms with Gasteiger partial charge < -0.3 is 11.1 Å². The van der Waals surface area contributed by atoms with Crippen molar-refractivity contribution < 1.29 is 9.18 Å². The van der Waals surface area contributed by atoms with Gasteiger partial charge in [0.15, 0.2) is 0 Å². The third-order valence-electron chi connectivity index (χ3n) is 2.92. The van der Waals surface area contributed by atoms with Crippen LogP contribution >= 0.6 is 15.9 Å². The van der Waals surface area contributed by atoms with Crippen LogP contribution in [-0.2, 0) is 0 Å². The van der Waals surface area contributed by atoms with Crippen molar-refractivity contribution in [3.05, 3.63) is 51.5 Å². The maximum Gasteiger partial charge on any atom is 0.255 e. The Morgan fingerprint density at radius 2 is 2.05 bits per heavy atom. The van der Waals surface area contributed by atoms with Gasteiger partial charge in [0, 0.05) is 16.8 Å². The molecular weight excluding hydrogens is 325 g/mol. The monoisotopic (exact) mass is 337 g/mol. The molecule has 0 unspecified atom stereocenters. The molecule has 1 aromatic carbocycles. The first-order valence-electron chi connectivity index (χ1n) is 5.87. The number of anilines is 2. The van der Waals surface area contributed by atoms with E-state index < -0.39 is 11.7 Å². The number of rotatable bonds is 2. The van der Waals surface area contributed by atoms with Crippen molar-refractivity contribution in [1.82, 2.24) is 4.98 Å². The molecule has 0 spiro atoms. The van der Waals surface area contributed by atoms with Gasteiger partial charge in [-0.1, -0.05) is 0 Å². The first kappa shape index (κ1) is 14.5. The SMILES string of the molecule is Cc1cc(NC(=O)c2cc(N)c(C)c(F)c2)cnc1Br. The molecule has 0 bridgehead atoms. The fraction of sp³-hybridized carbons (Fsp3) is 0.143. The number of benzene rings is 1. The second kappa shape index (κ2) is 5.58. The van der Waals surface area contributed by atoms with E-state index in [1.54, 1.807) is 13.0 Å². The molecule has 1 amide bonds. The Morgan fingerprint density at radius 3 is 2.65 bits per heavy atom. The molecule has 0 saturated heterocycles. The molecule has 104 valence electrons. The number of pyridine rings is 1. The van der Waals surface area contributed by atoms with E-state index in [1.807, 2.05) is 6.92 Å². The summed E-state index contributed by atoms with van der Waals surface area (Å²) in [6.45, 7) is 3.42. The smallest absolute Gasteiger partial charge is 0.255 e. The Kier molecular flexibility index (Phi) is 4.04. The third-order valence-corrected chi connectivity index (χ3v) is 3.75. The zero-order chi connectivity index (χ0) is 14.9. The van der Waals surface area contributed by atoms with Gasteiger partial charge in [-0.05, 0) is 53.5 Å². The highest BCUT2D eigenvalue weighted by molar-refractivity contribution is 9.10. The molecule has 6 heteroatoms. The topological polar surface area (TPSA) is 68.0 Å². The summed E-state index contributed by atoms with van der Waals surface area (Å²) >= 11 is 3.28. The molecule has 2 aromatic rings. The summed E-state index contributed by atoms with van der Waals surface area (Å²) in [6.07, 6.45) is 1.52. The summed E-state index contributed by atoms with van der Waals surface area (Å²) in [5.41, 5.74) is 7.84. The number of carbonyl (C=O) groups is 1. The van der Waals surface area contributed by atoms with Crippen LogP contribution < -0.4 is 11.1 Å². The van der Waals surface area contributed by atoms with E-state index >= 15 is 0 Å². The lowest BCUT2D eigenvalue weighted by Crippen LogP contribution is -2.13. The highest BCUT2D eigenvalue weighted by atomic mass is 79.9. The van der Waals surface area contributed by atoms with Crippen LogP contribution in [0.1, 0.15) is 21.5 Å². The van der Waals surface area contributed by atoms with Crippen LogP contribution in [0, 0.1) is 19.7 Å². The fourth-order valence-electron chi connectivity index (χ4n) is 1.66. The molecule has 0 saturated carbocycles. The second-order valence-electron chi connectivity index (χ2n) is 4.46. The van der Waals surface area contributed by atoms with E-state index in [1.165, 1.54) is 18.3 Å². The standard InChI is InChI=1S/C14H13BrFN3O/c1-7-3-10(6-18-13(7)15)19-14(20)9-4-11(16)8(2)12(17)5-9/h3-6H,17H2,1-2H3,(H,19,20). The largest absolute Gasteiger partial charge is 0.398 e. The van der Waals surface area contributed by atoms with E-state index in [4.69, 9.17) is 5.73 Å². The van der Waals surface area contributed by atoms with Gasteiger partial charge in [-0.25, -0.2) is 9.37 Å². The van der Waals surface area contributed by atoms with Crippen LogP contribution in [0.3, 0.4) is 0 Å². The third kappa shape index (κ3) is 2.96. The van der Waals surface area contributed by atoms with E-state index in [0.717, 1.165) is 5.56 Å². The van der Waals surface area contributed by atoms with Crippen LogP contribution in [0.25, 0.3) is 0 Å². The molecular formula is C14H13BrFN3O. The Hall–Kier alpha value is -1.95. The molecule has 0 aliphatic carbocycles. The van der Waals surface area contributed by atoms with Crippen LogP contribution in [0.5, 0.6) is 0 Å². The number of nitrogens with two attached hydrogens (primary N) is 1. The Bertz CT molecular complexity index is 665. The van der Waals surface area contributed by atoms with Gasteiger partial charge in [-0.2, -0.15) is 0 Å². The molecule has 0 aliphatic heterocycles. The van der Waals surface area contributed by atoms with Crippen molar-refractivity contribution in [3.8, 4) is 0 Å². The summed E-state index contributed by atoms with van der Waals surface area (Å²) in [5.74, 6) is -0.931. The lowest BCUT2D eigenvalue weighted by Gasteiger charge is -2.09. The van der Waals surface area contributed by atoms with Gasteiger partial charge in [0.25, 0.3) is 5.91 Å². The van der Waals surface area contributed by atoms with Gasteiger partial charge >= 0.3 is 0 Å². The molecule has 4 nitrogen and oxygen atoms in total. The van der Waals surface area contributed by atoms with Gasteiger partial charge in [0.1, 0.15) is 10.4 Å². The Labute approximate surface area is 124 Å². The van der Waals surface area contributed by atoms with E-state index in [2.05, 4.69) is 26.2 Å². The number of nitrogens with one attached hydrogen (secondary N) is 1. The van der Waals surface area contributed by atoms with Crippen molar-refractivity contribution >= 4 is 33.2 Å². The molecule has 0 fully saturated rings. The van der Waals surface area contributed by atoms with Gasteiger partial charge in [-0.3, -0.25) is 4.79 Å².